The molecule has 2 aromatic rings. The van der Waals surface area contributed by atoms with Gasteiger partial charge in [-0.15, -0.1) is 12.4 Å². The number of aromatic nitrogens is 2. The van der Waals surface area contributed by atoms with Crippen LogP contribution in [0, 0.1) is 5.41 Å². The minimum absolute atomic E-state index is 0. The zero-order valence-corrected chi connectivity index (χ0v) is 17.1. The fourth-order valence-electron chi connectivity index (χ4n) is 3.75. The van der Waals surface area contributed by atoms with E-state index in [0.29, 0.717) is 23.7 Å². The first-order valence-corrected chi connectivity index (χ1v) is 9.76. The predicted octanol–water partition coefficient (Wildman–Crippen LogP) is 3.76. The van der Waals surface area contributed by atoms with Crippen molar-refractivity contribution in [2.75, 3.05) is 19.6 Å². The fraction of sp³-hybridized carbons (Fsp3) is 0.650. The molecule has 2 aromatic heterocycles. The van der Waals surface area contributed by atoms with Crippen LogP contribution in [0.15, 0.2) is 10.6 Å². The van der Waals surface area contributed by atoms with Crippen LogP contribution in [0.25, 0.3) is 11.1 Å². The summed E-state index contributed by atoms with van der Waals surface area (Å²) in [6, 6.07) is 1.96. The number of nitrogens with zero attached hydrogens (tertiary/aromatic N) is 2. The van der Waals surface area contributed by atoms with Gasteiger partial charge in [-0.25, -0.2) is 4.98 Å². The van der Waals surface area contributed by atoms with Crippen molar-refractivity contribution in [1.82, 2.24) is 20.8 Å². The topological polar surface area (TPSA) is 80.0 Å². The maximum absolute atomic E-state index is 13.1. The lowest BCUT2D eigenvalue weighted by molar-refractivity contribution is 0.0923. The molecule has 0 atom stereocenters. The minimum Gasteiger partial charge on any atom is -0.351 e. The normalized spacial score (nSPS) is 19.1. The molecule has 4 rings (SSSR count). The molecule has 0 bridgehead atoms. The van der Waals surface area contributed by atoms with Crippen molar-refractivity contribution in [2.45, 2.75) is 58.3 Å². The van der Waals surface area contributed by atoms with Crippen LogP contribution in [0.5, 0.6) is 0 Å². The van der Waals surface area contributed by atoms with Crippen molar-refractivity contribution in [3.8, 4) is 0 Å². The Morgan fingerprint density at radius 1 is 1.37 bits per heavy atom. The van der Waals surface area contributed by atoms with Crippen molar-refractivity contribution in [2.24, 2.45) is 5.41 Å². The fourth-order valence-corrected chi connectivity index (χ4v) is 3.75. The van der Waals surface area contributed by atoms with Gasteiger partial charge in [-0.3, -0.25) is 4.79 Å². The molecule has 1 saturated heterocycles. The van der Waals surface area contributed by atoms with Crippen LogP contribution in [0.1, 0.15) is 80.0 Å². The van der Waals surface area contributed by atoms with Gasteiger partial charge in [0.15, 0.2) is 0 Å². The lowest BCUT2D eigenvalue weighted by Crippen LogP contribution is -2.43. The maximum Gasteiger partial charge on any atom is 0.259 e. The SMILES string of the molecule is CC(C)c1noc2nc(C3CC3)cc(C(=O)NCC3(C)CCNCC3)c12.Cl. The molecule has 1 amide bonds. The number of hydrogen-bond donors (Lipinski definition) is 2. The summed E-state index contributed by atoms with van der Waals surface area (Å²) in [5.41, 5.74) is 3.09. The molecule has 0 radical (unpaired) electrons. The number of carbonyl (C=O) groups excluding carboxylic acids is 1. The number of rotatable bonds is 5. The van der Waals surface area contributed by atoms with E-state index in [2.05, 4.69) is 41.5 Å². The Bertz CT molecular complexity index is 823. The monoisotopic (exact) mass is 392 g/mol. The van der Waals surface area contributed by atoms with E-state index in [1.165, 1.54) is 0 Å². The Kier molecular flexibility index (Phi) is 5.77. The van der Waals surface area contributed by atoms with Gasteiger partial charge in [-0.2, -0.15) is 0 Å². The number of piperidine rings is 1. The minimum atomic E-state index is -0.0378. The summed E-state index contributed by atoms with van der Waals surface area (Å²) in [5.74, 6) is 0.600. The molecular weight excluding hydrogens is 364 g/mol. The Morgan fingerprint density at radius 3 is 2.70 bits per heavy atom. The molecule has 148 valence electrons. The second-order valence-electron chi connectivity index (χ2n) is 8.51. The third-order valence-electron chi connectivity index (χ3n) is 5.77. The molecule has 1 aliphatic carbocycles. The van der Waals surface area contributed by atoms with Crippen molar-refractivity contribution >= 4 is 29.4 Å². The number of halogens is 1. The number of amides is 1. The number of fused-ring (bicyclic) bond motifs is 1. The highest BCUT2D eigenvalue weighted by atomic mass is 35.5. The largest absolute Gasteiger partial charge is 0.351 e. The van der Waals surface area contributed by atoms with Crippen LogP contribution in [-0.4, -0.2) is 35.7 Å². The number of pyridine rings is 1. The zero-order chi connectivity index (χ0) is 18.3. The van der Waals surface area contributed by atoms with E-state index >= 15 is 0 Å². The van der Waals surface area contributed by atoms with Gasteiger partial charge < -0.3 is 15.2 Å². The Hall–Kier alpha value is -1.66. The van der Waals surface area contributed by atoms with Gasteiger partial charge in [0.05, 0.1) is 16.6 Å². The average molecular weight is 393 g/mol. The van der Waals surface area contributed by atoms with Gasteiger partial charge in [-0.05, 0) is 56.2 Å². The lowest BCUT2D eigenvalue weighted by Gasteiger charge is -2.34. The summed E-state index contributed by atoms with van der Waals surface area (Å²) < 4.78 is 5.48. The zero-order valence-electron chi connectivity index (χ0n) is 16.3. The third-order valence-corrected chi connectivity index (χ3v) is 5.77. The molecule has 2 fully saturated rings. The van der Waals surface area contributed by atoms with Gasteiger partial charge in [0.2, 0.25) is 0 Å². The Labute approximate surface area is 166 Å². The van der Waals surface area contributed by atoms with Crippen molar-refractivity contribution in [3.05, 3.63) is 23.0 Å². The first-order valence-electron chi connectivity index (χ1n) is 9.76. The molecule has 7 heteroatoms. The molecular formula is C20H29ClN4O2. The summed E-state index contributed by atoms with van der Waals surface area (Å²) in [6.07, 6.45) is 4.43. The van der Waals surface area contributed by atoms with Crippen LogP contribution in [0.4, 0.5) is 0 Å². The predicted molar refractivity (Wildman–Crippen MR) is 108 cm³/mol. The van der Waals surface area contributed by atoms with E-state index in [9.17, 15) is 4.79 Å². The van der Waals surface area contributed by atoms with Crippen LogP contribution >= 0.6 is 12.4 Å². The average Bonchev–Trinajstić information content (AvgIpc) is 3.38. The van der Waals surface area contributed by atoms with E-state index < -0.39 is 0 Å². The molecule has 27 heavy (non-hydrogen) atoms. The summed E-state index contributed by atoms with van der Waals surface area (Å²) in [7, 11) is 0. The molecule has 0 unspecified atom stereocenters. The molecule has 3 heterocycles. The third kappa shape index (κ3) is 4.11. The molecule has 1 saturated carbocycles. The summed E-state index contributed by atoms with van der Waals surface area (Å²) in [4.78, 5) is 17.7. The smallest absolute Gasteiger partial charge is 0.259 e. The molecule has 2 N–H and O–H groups in total. The lowest BCUT2D eigenvalue weighted by atomic mass is 9.81. The Balaban J connectivity index is 0.00000210. The van der Waals surface area contributed by atoms with E-state index in [0.717, 1.165) is 55.5 Å². The molecule has 0 aromatic carbocycles. The van der Waals surface area contributed by atoms with E-state index in [1.807, 2.05) is 6.07 Å². The van der Waals surface area contributed by atoms with Gasteiger partial charge >= 0.3 is 0 Å². The summed E-state index contributed by atoms with van der Waals surface area (Å²) >= 11 is 0. The number of carbonyl (C=O) groups is 1. The molecule has 1 aliphatic heterocycles. The number of hydrogen-bond acceptors (Lipinski definition) is 5. The van der Waals surface area contributed by atoms with E-state index in [4.69, 9.17) is 4.52 Å². The van der Waals surface area contributed by atoms with E-state index in [-0.39, 0.29) is 29.6 Å². The highest BCUT2D eigenvalue weighted by molar-refractivity contribution is 6.06. The second-order valence-corrected chi connectivity index (χ2v) is 8.51. The quantitative estimate of drug-likeness (QED) is 0.809. The first kappa shape index (κ1) is 20.1. The van der Waals surface area contributed by atoms with Crippen molar-refractivity contribution < 1.29 is 9.32 Å². The molecule has 0 spiro atoms. The maximum atomic E-state index is 13.1. The van der Waals surface area contributed by atoms with Gasteiger partial charge in [0.25, 0.3) is 11.6 Å². The van der Waals surface area contributed by atoms with Crippen LogP contribution in [0.3, 0.4) is 0 Å². The molecule has 2 aliphatic rings. The second kappa shape index (κ2) is 7.76. The highest BCUT2D eigenvalue weighted by Gasteiger charge is 2.31. The van der Waals surface area contributed by atoms with Crippen molar-refractivity contribution in [1.29, 1.82) is 0 Å². The van der Waals surface area contributed by atoms with Crippen LogP contribution < -0.4 is 10.6 Å². The molecule has 6 nitrogen and oxygen atoms in total. The van der Waals surface area contributed by atoms with Gasteiger partial charge in [0.1, 0.15) is 0 Å². The first-order chi connectivity index (χ1) is 12.5. The Morgan fingerprint density at radius 2 is 2.07 bits per heavy atom. The van der Waals surface area contributed by atoms with Crippen molar-refractivity contribution in [3.63, 3.8) is 0 Å². The van der Waals surface area contributed by atoms with Gasteiger partial charge in [-0.1, -0.05) is 25.9 Å². The van der Waals surface area contributed by atoms with E-state index in [1.54, 1.807) is 0 Å². The summed E-state index contributed by atoms with van der Waals surface area (Å²) in [6.45, 7) is 9.10. The van der Waals surface area contributed by atoms with Crippen LogP contribution in [0.2, 0.25) is 0 Å². The summed E-state index contributed by atoms with van der Waals surface area (Å²) in [5, 5.41) is 11.5. The van der Waals surface area contributed by atoms with Gasteiger partial charge in [0, 0.05) is 18.2 Å². The number of nitrogens with one attached hydrogen (secondary N) is 2. The highest BCUT2D eigenvalue weighted by Crippen LogP contribution is 2.41. The van der Waals surface area contributed by atoms with Crippen LogP contribution in [-0.2, 0) is 0 Å². The standard InChI is InChI=1S/C20H28N4O2.ClH/c1-12(2)17-16-14(10-15(13-4-5-13)23-19(16)26-24-17)18(25)22-11-20(3)6-8-21-9-7-20;/h10,12-13,21H,4-9,11H2,1-3H3,(H,22,25);1H.